The van der Waals surface area contributed by atoms with Gasteiger partial charge in [0.15, 0.2) is 6.10 Å². The quantitative estimate of drug-likeness (QED) is 0.0199. The highest BCUT2D eigenvalue weighted by Gasteiger charge is 2.19. The number of hydrogen-bond donors (Lipinski definition) is 0. The third kappa shape index (κ3) is 51.2. The van der Waals surface area contributed by atoms with E-state index in [2.05, 4.69) is 118 Å². The summed E-state index contributed by atoms with van der Waals surface area (Å²) < 4.78 is 16.8. The molecule has 0 saturated carbocycles. The average molecular weight is 903 g/mol. The molecule has 65 heavy (non-hydrogen) atoms. The van der Waals surface area contributed by atoms with Crippen molar-refractivity contribution in [2.24, 2.45) is 0 Å². The van der Waals surface area contributed by atoms with Crippen LogP contribution in [0.25, 0.3) is 0 Å². The normalized spacial score (nSPS) is 12.8. The second kappa shape index (κ2) is 52.9. The lowest BCUT2D eigenvalue weighted by molar-refractivity contribution is -0.167. The molecule has 0 radical (unpaired) electrons. The molecule has 0 aromatic heterocycles. The summed E-state index contributed by atoms with van der Waals surface area (Å²) in [6.45, 7) is 6.34. The number of carbonyl (C=O) groups excluding carboxylic acids is 3. The maximum absolute atomic E-state index is 12.8. The van der Waals surface area contributed by atoms with Gasteiger partial charge in [0.2, 0.25) is 0 Å². The molecule has 0 aromatic carbocycles. The molecule has 0 aliphatic rings. The van der Waals surface area contributed by atoms with Crippen LogP contribution in [0.3, 0.4) is 0 Å². The van der Waals surface area contributed by atoms with Crippen molar-refractivity contribution >= 4 is 17.9 Å². The Morgan fingerprint density at radius 1 is 0.338 bits per heavy atom. The van der Waals surface area contributed by atoms with E-state index < -0.39 is 6.10 Å². The van der Waals surface area contributed by atoms with Gasteiger partial charge in [-0.15, -0.1) is 0 Å². The molecule has 0 N–H and O–H groups in total. The molecule has 0 saturated heterocycles. The minimum absolute atomic E-state index is 0.0944. The van der Waals surface area contributed by atoms with Crippen LogP contribution in [-0.2, 0) is 28.6 Å². The molecule has 0 aliphatic carbocycles. The van der Waals surface area contributed by atoms with Crippen molar-refractivity contribution in [3.05, 3.63) is 97.2 Å². The lowest BCUT2D eigenvalue weighted by Gasteiger charge is -2.18. The second-order valence-corrected chi connectivity index (χ2v) is 17.4. The predicted molar refractivity (Wildman–Crippen MR) is 279 cm³/mol. The van der Waals surface area contributed by atoms with Gasteiger partial charge < -0.3 is 14.2 Å². The van der Waals surface area contributed by atoms with Crippen LogP contribution in [0.5, 0.6) is 0 Å². The van der Waals surface area contributed by atoms with Crippen molar-refractivity contribution in [1.29, 1.82) is 0 Å². The van der Waals surface area contributed by atoms with Gasteiger partial charge >= 0.3 is 17.9 Å². The number of allylic oxidation sites excluding steroid dienone is 16. The smallest absolute Gasteiger partial charge is 0.306 e. The Kier molecular flexibility index (Phi) is 50.0. The van der Waals surface area contributed by atoms with E-state index >= 15 is 0 Å². The van der Waals surface area contributed by atoms with Crippen LogP contribution < -0.4 is 0 Å². The highest BCUT2D eigenvalue weighted by atomic mass is 16.6. The molecule has 6 nitrogen and oxygen atoms in total. The zero-order valence-electron chi connectivity index (χ0n) is 42.2. The summed E-state index contributed by atoms with van der Waals surface area (Å²) in [6, 6.07) is 0. The van der Waals surface area contributed by atoms with E-state index in [9.17, 15) is 14.4 Å². The lowest BCUT2D eigenvalue weighted by Crippen LogP contribution is -2.30. The number of unbranched alkanes of at least 4 members (excludes halogenated alkanes) is 22. The molecule has 0 heterocycles. The largest absolute Gasteiger partial charge is 0.462 e. The molecule has 0 aromatic rings. The Bertz CT molecular complexity index is 1310. The Balaban J connectivity index is 4.43. The second-order valence-electron chi connectivity index (χ2n) is 17.4. The minimum atomic E-state index is -0.795. The van der Waals surface area contributed by atoms with Crippen molar-refractivity contribution in [1.82, 2.24) is 0 Å². The lowest BCUT2D eigenvalue weighted by atomic mass is 10.1. The SMILES string of the molecule is CC\C=C/C=C\C=C/CCCCCCCC(=O)OCC(COC(=O)CCCCCCCC/C=C\C/C=C\C/C=C\C/C=C\CC)OC(=O)CCCCCCCCC/C=C\CCCCCC. The van der Waals surface area contributed by atoms with Gasteiger partial charge in [0.25, 0.3) is 0 Å². The van der Waals surface area contributed by atoms with E-state index in [0.717, 1.165) is 122 Å². The zero-order valence-corrected chi connectivity index (χ0v) is 42.2. The topological polar surface area (TPSA) is 78.9 Å². The maximum atomic E-state index is 12.8. The summed E-state index contributed by atoms with van der Waals surface area (Å²) in [7, 11) is 0. The summed E-state index contributed by atoms with van der Waals surface area (Å²) in [5, 5.41) is 0. The standard InChI is InChI=1S/C59H98O6/c1-4-7-10-13-16-19-22-25-27-28-29-30-32-34-37-40-43-46-49-52-58(61)64-55-56(54-63-57(60)51-48-45-42-39-36-33-24-21-18-15-12-9-6-3)65-59(62)53-50-47-44-41-38-35-31-26-23-20-17-14-11-8-5-2/h7,9-10,12,15-16,18-21,23-25,27,29-30,56H,4-6,8,11,13-14,17,22,26,28,31-55H2,1-3H3/b10-7-,12-9-,18-15-,19-16-,23-20-,24-21-,27-25-,30-29-. The van der Waals surface area contributed by atoms with Gasteiger partial charge in [0.1, 0.15) is 13.2 Å². The average Bonchev–Trinajstić information content (AvgIpc) is 3.30. The van der Waals surface area contributed by atoms with E-state index in [4.69, 9.17) is 14.2 Å². The van der Waals surface area contributed by atoms with Crippen LogP contribution in [0.2, 0.25) is 0 Å². The molecule has 0 rings (SSSR count). The first-order chi connectivity index (χ1) is 32.0. The summed E-state index contributed by atoms with van der Waals surface area (Å²) in [5.41, 5.74) is 0. The van der Waals surface area contributed by atoms with Gasteiger partial charge in [-0.05, 0) is 103 Å². The van der Waals surface area contributed by atoms with Crippen molar-refractivity contribution in [3.8, 4) is 0 Å². The fourth-order valence-corrected chi connectivity index (χ4v) is 7.13. The predicted octanol–water partition coefficient (Wildman–Crippen LogP) is 17.8. The molecule has 0 aliphatic heterocycles. The summed E-state index contributed by atoms with van der Waals surface area (Å²) >= 11 is 0. The first-order valence-corrected chi connectivity index (χ1v) is 26.8. The third-order valence-corrected chi connectivity index (χ3v) is 11.1. The molecule has 370 valence electrons. The van der Waals surface area contributed by atoms with Crippen molar-refractivity contribution in [2.75, 3.05) is 13.2 Å². The van der Waals surface area contributed by atoms with Crippen molar-refractivity contribution in [2.45, 2.75) is 245 Å². The first kappa shape index (κ1) is 61.3. The van der Waals surface area contributed by atoms with Gasteiger partial charge in [-0.2, -0.15) is 0 Å². The van der Waals surface area contributed by atoms with E-state index in [1.807, 2.05) is 0 Å². The van der Waals surface area contributed by atoms with Crippen molar-refractivity contribution in [3.63, 3.8) is 0 Å². The zero-order chi connectivity index (χ0) is 47.2. The number of esters is 3. The van der Waals surface area contributed by atoms with Gasteiger partial charge in [-0.1, -0.05) is 214 Å². The van der Waals surface area contributed by atoms with E-state index in [-0.39, 0.29) is 31.1 Å². The van der Waals surface area contributed by atoms with Crippen LogP contribution in [0.4, 0.5) is 0 Å². The Labute approximate surface area is 400 Å². The molecule has 0 bridgehead atoms. The van der Waals surface area contributed by atoms with Gasteiger partial charge in [-0.3, -0.25) is 14.4 Å². The van der Waals surface area contributed by atoms with Gasteiger partial charge in [0.05, 0.1) is 0 Å². The molecule has 0 spiro atoms. The van der Waals surface area contributed by atoms with E-state index in [1.165, 1.54) is 77.0 Å². The Hall–Kier alpha value is -3.67. The summed E-state index contributed by atoms with van der Waals surface area (Å²) in [5.74, 6) is -0.933. The maximum Gasteiger partial charge on any atom is 0.306 e. The van der Waals surface area contributed by atoms with Crippen LogP contribution in [0, 0.1) is 0 Å². The van der Waals surface area contributed by atoms with Gasteiger partial charge in [0, 0.05) is 19.3 Å². The molecule has 1 atom stereocenters. The van der Waals surface area contributed by atoms with Gasteiger partial charge in [-0.25, -0.2) is 0 Å². The highest BCUT2D eigenvalue weighted by molar-refractivity contribution is 5.71. The first-order valence-electron chi connectivity index (χ1n) is 26.8. The molecular weight excluding hydrogens is 805 g/mol. The molecule has 0 amide bonds. The number of rotatable bonds is 47. The molecule has 1 unspecified atom stereocenters. The van der Waals surface area contributed by atoms with E-state index in [0.29, 0.717) is 19.3 Å². The summed E-state index contributed by atoms with van der Waals surface area (Å²) in [6.07, 6.45) is 69.6. The highest BCUT2D eigenvalue weighted by Crippen LogP contribution is 2.14. The Morgan fingerprint density at radius 2 is 0.677 bits per heavy atom. The molecule has 0 fully saturated rings. The number of ether oxygens (including phenoxy) is 3. The van der Waals surface area contributed by atoms with Crippen LogP contribution >= 0.6 is 0 Å². The monoisotopic (exact) mass is 903 g/mol. The number of carbonyl (C=O) groups is 3. The van der Waals surface area contributed by atoms with Crippen LogP contribution in [0.15, 0.2) is 97.2 Å². The van der Waals surface area contributed by atoms with Crippen LogP contribution in [-0.4, -0.2) is 37.2 Å². The third-order valence-electron chi connectivity index (χ3n) is 11.1. The minimum Gasteiger partial charge on any atom is -0.462 e. The fourth-order valence-electron chi connectivity index (χ4n) is 7.13. The molecule has 6 heteroatoms. The fraction of sp³-hybridized carbons (Fsp3) is 0.678. The molecular formula is C59H98O6. The van der Waals surface area contributed by atoms with E-state index in [1.54, 1.807) is 0 Å². The number of hydrogen-bond acceptors (Lipinski definition) is 6. The van der Waals surface area contributed by atoms with Crippen LogP contribution in [0.1, 0.15) is 239 Å². The van der Waals surface area contributed by atoms with Crippen molar-refractivity contribution < 1.29 is 28.6 Å². The summed E-state index contributed by atoms with van der Waals surface area (Å²) in [4.78, 5) is 38.0. The Morgan fingerprint density at radius 3 is 1.12 bits per heavy atom.